The molecule has 136 valence electrons. The van der Waals surface area contributed by atoms with E-state index >= 15 is 0 Å². The van der Waals surface area contributed by atoms with Crippen molar-refractivity contribution < 1.29 is 14.3 Å². The normalized spacial score (nSPS) is 19.5. The molecule has 0 bridgehead atoms. The summed E-state index contributed by atoms with van der Waals surface area (Å²) in [5, 5.41) is 3.44. The Morgan fingerprint density at radius 3 is 3.08 bits per heavy atom. The van der Waals surface area contributed by atoms with Gasteiger partial charge in [-0.3, -0.25) is 14.5 Å². The molecule has 0 radical (unpaired) electrons. The molecule has 8 heteroatoms. The number of carbonyl (C=O) groups is 2. The van der Waals surface area contributed by atoms with E-state index in [1.165, 1.54) is 21.1 Å². The summed E-state index contributed by atoms with van der Waals surface area (Å²) in [7, 11) is 2.07. The molecule has 4 rings (SSSR count). The first-order valence-electron chi connectivity index (χ1n) is 8.55. The molecule has 0 saturated heterocycles. The maximum atomic E-state index is 12.5. The van der Waals surface area contributed by atoms with Crippen molar-refractivity contribution in [2.75, 3.05) is 30.4 Å². The molecule has 0 fully saturated rings. The summed E-state index contributed by atoms with van der Waals surface area (Å²) in [4.78, 5) is 34.4. The van der Waals surface area contributed by atoms with Crippen LogP contribution in [0.2, 0.25) is 0 Å². The number of para-hydroxylation sites is 2. The van der Waals surface area contributed by atoms with Gasteiger partial charge in [0, 0.05) is 24.4 Å². The molecule has 1 atom stereocenters. The summed E-state index contributed by atoms with van der Waals surface area (Å²) >= 11 is 1.50. The molecular formula is C18H20N4O3S. The van der Waals surface area contributed by atoms with Crippen molar-refractivity contribution in [3.8, 4) is 5.75 Å². The number of hydrogen-bond donors (Lipinski definition) is 1. The maximum Gasteiger partial charge on any atom is 0.268 e. The van der Waals surface area contributed by atoms with Crippen LogP contribution in [0, 0.1) is 0 Å². The fourth-order valence-electron chi connectivity index (χ4n) is 3.20. The molecule has 0 aliphatic carbocycles. The number of thiazole rings is 1. The number of ether oxygens (including phenoxy) is 1. The standard InChI is InChI=1S/C18H20N4O3S/c1-11-17(24)22(13-5-3-4-6-14(13)25-11)10-16(23)20-18-19-12-7-8-21(2)9-15(12)26-18/h3-6,11H,7-10H2,1-2H3,(H,19,20,23)/t11-/m1/s1. The van der Waals surface area contributed by atoms with Gasteiger partial charge in [0.15, 0.2) is 11.2 Å². The van der Waals surface area contributed by atoms with Crippen LogP contribution >= 0.6 is 11.3 Å². The maximum absolute atomic E-state index is 12.5. The average Bonchev–Trinajstić information content (AvgIpc) is 3.00. The summed E-state index contributed by atoms with van der Waals surface area (Å²) in [6.45, 7) is 3.46. The third kappa shape index (κ3) is 3.17. The van der Waals surface area contributed by atoms with Gasteiger partial charge in [0.05, 0.1) is 11.4 Å². The second-order valence-electron chi connectivity index (χ2n) is 6.58. The van der Waals surface area contributed by atoms with Crippen LogP contribution in [-0.2, 0) is 22.6 Å². The van der Waals surface area contributed by atoms with Crippen molar-refractivity contribution in [3.05, 3.63) is 34.8 Å². The molecule has 2 aromatic rings. The Labute approximate surface area is 155 Å². The van der Waals surface area contributed by atoms with Crippen LogP contribution in [-0.4, -0.2) is 47.9 Å². The first-order chi connectivity index (χ1) is 12.5. The number of likely N-dealkylation sites (N-methyl/N-ethyl adjacent to an activating group) is 1. The lowest BCUT2D eigenvalue weighted by molar-refractivity contribution is -0.127. The molecule has 0 spiro atoms. The third-order valence-corrected chi connectivity index (χ3v) is 5.54. The molecule has 1 aromatic heterocycles. The van der Waals surface area contributed by atoms with E-state index in [-0.39, 0.29) is 18.4 Å². The lowest BCUT2D eigenvalue weighted by Crippen LogP contribution is -2.47. The number of hydrogen-bond acceptors (Lipinski definition) is 6. The van der Waals surface area contributed by atoms with Gasteiger partial charge < -0.3 is 15.0 Å². The summed E-state index contributed by atoms with van der Waals surface area (Å²) in [6.07, 6.45) is 0.283. The summed E-state index contributed by atoms with van der Waals surface area (Å²) < 4.78 is 5.60. The molecule has 1 aromatic carbocycles. The van der Waals surface area contributed by atoms with Crippen LogP contribution in [0.5, 0.6) is 5.75 Å². The van der Waals surface area contributed by atoms with Crippen LogP contribution in [0.15, 0.2) is 24.3 Å². The highest BCUT2D eigenvalue weighted by atomic mass is 32.1. The zero-order chi connectivity index (χ0) is 18.3. The largest absolute Gasteiger partial charge is 0.479 e. The molecule has 2 aliphatic rings. The Hall–Kier alpha value is -2.45. The van der Waals surface area contributed by atoms with Gasteiger partial charge in [0.25, 0.3) is 5.91 Å². The van der Waals surface area contributed by atoms with Crippen LogP contribution in [0.3, 0.4) is 0 Å². The first kappa shape index (κ1) is 17.0. The van der Waals surface area contributed by atoms with Crippen molar-refractivity contribution in [2.24, 2.45) is 0 Å². The molecule has 2 aliphatic heterocycles. The monoisotopic (exact) mass is 372 g/mol. The van der Waals surface area contributed by atoms with E-state index in [1.54, 1.807) is 19.1 Å². The zero-order valence-corrected chi connectivity index (χ0v) is 15.5. The van der Waals surface area contributed by atoms with E-state index in [4.69, 9.17) is 4.74 Å². The van der Waals surface area contributed by atoms with Gasteiger partial charge in [-0.25, -0.2) is 4.98 Å². The molecule has 1 N–H and O–H groups in total. The van der Waals surface area contributed by atoms with E-state index in [1.807, 2.05) is 12.1 Å². The number of nitrogens with zero attached hydrogens (tertiary/aromatic N) is 3. The third-order valence-electron chi connectivity index (χ3n) is 4.54. The number of carbonyl (C=O) groups excluding carboxylic acids is 2. The van der Waals surface area contributed by atoms with Crippen molar-refractivity contribution in [3.63, 3.8) is 0 Å². The van der Waals surface area contributed by atoms with E-state index in [2.05, 4.69) is 22.2 Å². The summed E-state index contributed by atoms with van der Waals surface area (Å²) in [5.41, 5.74) is 1.68. The van der Waals surface area contributed by atoms with Gasteiger partial charge in [-0.2, -0.15) is 0 Å². The molecule has 26 heavy (non-hydrogen) atoms. The van der Waals surface area contributed by atoms with Gasteiger partial charge in [-0.15, -0.1) is 11.3 Å². The number of benzene rings is 1. The Balaban J connectivity index is 1.49. The second-order valence-corrected chi connectivity index (χ2v) is 7.66. The summed E-state index contributed by atoms with van der Waals surface area (Å²) in [5.74, 6) is 0.126. The van der Waals surface area contributed by atoms with Crippen molar-refractivity contribution >= 4 is 34.0 Å². The molecule has 3 heterocycles. The van der Waals surface area contributed by atoms with Crippen LogP contribution in [0.4, 0.5) is 10.8 Å². The van der Waals surface area contributed by atoms with Gasteiger partial charge in [-0.05, 0) is 26.1 Å². The van der Waals surface area contributed by atoms with E-state index < -0.39 is 6.10 Å². The van der Waals surface area contributed by atoms with Crippen LogP contribution in [0.1, 0.15) is 17.5 Å². The van der Waals surface area contributed by atoms with Crippen LogP contribution in [0.25, 0.3) is 0 Å². The highest BCUT2D eigenvalue weighted by Crippen LogP contribution is 2.33. The van der Waals surface area contributed by atoms with Crippen molar-refractivity contribution in [1.82, 2.24) is 9.88 Å². The Kier molecular flexibility index (Phi) is 4.37. The average molecular weight is 372 g/mol. The van der Waals surface area contributed by atoms with Crippen molar-refractivity contribution in [2.45, 2.75) is 26.0 Å². The fourth-order valence-corrected chi connectivity index (χ4v) is 4.31. The molecule has 7 nitrogen and oxygen atoms in total. The first-order valence-corrected chi connectivity index (χ1v) is 9.37. The number of fused-ring (bicyclic) bond motifs is 2. The fraction of sp³-hybridized carbons (Fsp3) is 0.389. The topological polar surface area (TPSA) is 74.8 Å². The van der Waals surface area contributed by atoms with E-state index in [0.29, 0.717) is 16.6 Å². The minimum atomic E-state index is -0.611. The summed E-state index contributed by atoms with van der Waals surface area (Å²) in [6, 6.07) is 7.25. The predicted octanol–water partition coefficient (Wildman–Crippen LogP) is 1.88. The van der Waals surface area contributed by atoms with Crippen LogP contribution < -0.4 is 15.0 Å². The zero-order valence-electron chi connectivity index (χ0n) is 14.7. The number of anilines is 2. The number of aromatic nitrogens is 1. The van der Waals surface area contributed by atoms with Crippen molar-refractivity contribution in [1.29, 1.82) is 0 Å². The smallest absolute Gasteiger partial charge is 0.268 e. The lowest BCUT2D eigenvalue weighted by atomic mass is 10.2. The second kappa shape index (κ2) is 6.69. The number of nitrogens with one attached hydrogen (secondary N) is 1. The SMILES string of the molecule is C[C@H]1Oc2ccccc2N(CC(=O)Nc2nc3c(s2)CN(C)CC3)C1=O. The molecular weight excluding hydrogens is 352 g/mol. The molecule has 2 amide bonds. The molecule has 0 saturated carbocycles. The number of rotatable bonds is 3. The highest BCUT2D eigenvalue weighted by Gasteiger charge is 2.32. The predicted molar refractivity (Wildman–Crippen MR) is 99.7 cm³/mol. The minimum Gasteiger partial charge on any atom is -0.479 e. The van der Waals surface area contributed by atoms with Gasteiger partial charge >= 0.3 is 0 Å². The van der Waals surface area contributed by atoms with Gasteiger partial charge in [-0.1, -0.05) is 12.1 Å². The Morgan fingerprint density at radius 2 is 2.23 bits per heavy atom. The van der Waals surface area contributed by atoms with E-state index in [9.17, 15) is 9.59 Å². The Morgan fingerprint density at radius 1 is 1.42 bits per heavy atom. The quantitative estimate of drug-likeness (QED) is 0.891. The Bertz CT molecular complexity index is 866. The van der Waals surface area contributed by atoms with Gasteiger partial charge in [0.1, 0.15) is 12.3 Å². The van der Waals surface area contributed by atoms with E-state index in [0.717, 1.165) is 25.2 Å². The number of amides is 2. The molecule has 0 unspecified atom stereocenters. The van der Waals surface area contributed by atoms with Gasteiger partial charge in [0.2, 0.25) is 5.91 Å². The minimum absolute atomic E-state index is 0.0618. The lowest BCUT2D eigenvalue weighted by Gasteiger charge is -2.32. The highest BCUT2D eigenvalue weighted by molar-refractivity contribution is 7.15.